The average Bonchev–Trinajstić information content (AvgIpc) is 2.35. The van der Waals surface area contributed by atoms with Gasteiger partial charge in [0.1, 0.15) is 18.5 Å². The number of ether oxygens (including phenoxy) is 1. The lowest BCUT2D eigenvalue weighted by Crippen LogP contribution is -2.15. The Morgan fingerprint density at radius 2 is 2.00 bits per heavy atom. The van der Waals surface area contributed by atoms with Crippen molar-refractivity contribution in [1.82, 2.24) is 0 Å². The van der Waals surface area contributed by atoms with Crippen LogP contribution in [0, 0.1) is 11.3 Å². The third-order valence-electron chi connectivity index (χ3n) is 2.02. The average molecular weight is 219 g/mol. The number of aliphatic hydroxyl groups excluding tert-OH is 2. The van der Waals surface area contributed by atoms with Crippen LogP contribution in [0.3, 0.4) is 0 Å². The van der Waals surface area contributed by atoms with E-state index < -0.39 is 12.2 Å². The van der Waals surface area contributed by atoms with E-state index in [9.17, 15) is 5.11 Å². The molecule has 2 unspecified atom stereocenters. The third-order valence-corrected chi connectivity index (χ3v) is 2.02. The number of hydrogen-bond acceptors (Lipinski definition) is 4. The van der Waals surface area contributed by atoms with Gasteiger partial charge in [-0.2, -0.15) is 5.26 Å². The van der Waals surface area contributed by atoms with Crippen LogP contribution in [0.4, 0.5) is 0 Å². The van der Waals surface area contributed by atoms with E-state index in [2.05, 4.69) is 6.58 Å². The molecule has 0 aliphatic carbocycles. The number of nitrogens with zero attached hydrogens (tertiary/aromatic N) is 1. The van der Waals surface area contributed by atoms with Gasteiger partial charge >= 0.3 is 0 Å². The van der Waals surface area contributed by atoms with Crippen molar-refractivity contribution in [2.45, 2.75) is 12.2 Å². The molecule has 16 heavy (non-hydrogen) atoms. The Hall–Kier alpha value is -1.83. The number of hydrogen-bond donors (Lipinski definition) is 2. The standard InChI is InChI=1S/C12H13NO3/c1-2-7-16-10-5-3-9(4-6-10)12(15)11(14)8-13/h2-6,11-12,14-15H,1,7H2. The maximum absolute atomic E-state index is 9.53. The number of rotatable bonds is 5. The van der Waals surface area contributed by atoms with Crippen molar-refractivity contribution < 1.29 is 14.9 Å². The van der Waals surface area contributed by atoms with Crippen molar-refractivity contribution in [2.75, 3.05) is 6.61 Å². The Labute approximate surface area is 94.0 Å². The Bertz CT molecular complexity index is 380. The molecule has 0 aromatic heterocycles. The Kier molecular flexibility index (Phi) is 4.52. The Morgan fingerprint density at radius 3 is 2.50 bits per heavy atom. The first-order chi connectivity index (χ1) is 7.69. The van der Waals surface area contributed by atoms with Crippen molar-refractivity contribution >= 4 is 0 Å². The van der Waals surface area contributed by atoms with Gasteiger partial charge in [-0.3, -0.25) is 0 Å². The largest absolute Gasteiger partial charge is 0.490 e. The maximum atomic E-state index is 9.53. The van der Waals surface area contributed by atoms with E-state index in [0.717, 1.165) is 0 Å². The van der Waals surface area contributed by atoms with Crippen LogP contribution in [0.1, 0.15) is 11.7 Å². The van der Waals surface area contributed by atoms with Crippen LogP contribution in [-0.4, -0.2) is 22.9 Å². The van der Waals surface area contributed by atoms with E-state index in [1.165, 1.54) is 0 Å². The van der Waals surface area contributed by atoms with Gasteiger partial charge in [-0.25, -0.2) is 0 Å². The summed E-state index contributed by atoms with van der Waals surface area (Å²) < 4.78 is 5.25. The molecule has 0 saturated carbocycles. The highest BCUT2D eigenvalue weighted by atomic mass is 16.5. The lowest BCUT2D eigenvalue weighted by molar-refractivity contribution is 0.0527. The molecule has 0 saturated heterocycles. The fourth-order valence-electron chi connectivity index (χ4n) is 1.17. The topological polar surface area (TPSA) is 73.5 Å². The molecule has 84 valence electrons. The monoisotopic (exact) mass is 219 g/mol. The van der Waals surface area contributed by atoms with Crippen LogP contribution < -0.4 is 4.74 Å². The molecule has 4 heteroatoms. The molecular weight excluding hydrogens is 206 g/mol. The zero-order valence-electron chi connectivity index (χ0n) is 8.71. The molecule has 0 fully saturated rings. The predicted molar refractivity (Wildman–Crippen MR) is 58.7 cm³/mol. The molecular formula is C12H13NO3. The van der Waals surface area contributed by atoms with Crippen LogP contribution >= 0.6 is 0 Å². The fraction of sp³-hybridized carbons (Fsp3) is 0.250. The van der Waals surface area contributed by atoms with Gasteiger partial charge in [0.05, 0.1) is 6.07 Å². The SMILES string of the molecule is C=CCOc1ccc(C(O)C(O)C#N)cc1. The number of aliphatic hydroxyl groups is 2. The van der Waals surface area contributed by atoms with E-state index in [1.54, 1.807) is 36.4 Å². The lowest BCUT2D eigenvalue weighted by Gasteiger charge is -2.12. The van der Waals surface area contributed by atoms with Crippen LogP contribution in [0.15, 0.2) is 36.9 Å². The van der Waals surface area contributed by atoms with Gasteiger partial charge in [0.25, 0.3) is 0 Å². The number of nitriles is 1. The zero-order valence-corrected chi connectivity index (χ0v) is 8.71. The van der Waals surface area contributed by atoms with E-state index >= 15 is 0 Å². The highest BCUT2D eigenvalue weighted by Gasteiger charge is 2.17. The van der Waals surface area contributed by atoms with Crippen LogP contribution in [-0.2, 0) is 0 Å². The second kappa shape index (κ2) is 5.91. The summed E-state index contributed by atoms with van der Waals surface area (Å²) in [6.45, 7) is 3.93. The molecule has 0 bridgehead atoms. The maximum Gasteiger partial charge on any atom is 0.170 e. The minimum atomic E-state index is -1.42. The highest BCUT2D eigenvalue weighted by Crippen LogP contribution is 2.20. The van der Waals surface area contributed by atoms with Gasteiger partial charge in [-0.1, -0.05) is 24.8 Å². The molecule has 4 nitrogen and oxygen atoms in total. The lowest BCUT2D eigenvalue weighted by atomic mass is 10.1. The molecule has 1 aromatic rings. The van der Waals surface area contributed by atoms with E-state index in [0.29, 0.717) is 17.9 Å². The van der Waals surface area contributed by atoms with Gasteiger partial charge in [0.15, 0.2) is 6.10 Å². The van der Waals surface area contributed by atoms with Crippen molar-refractivity contribution in [3.8, 4) is 11.8 Å². The summed E-state index contributed by atoms with van der Waals surface area (Å²) >= 11 is 0. The third kappa shape index (κ3) is 3.09. The summed E-state index contributed by atoms with van der Waals surface area (Å²) in [7, 11) is 0. The summed E-state index contributed by atoms with van der Waals surface area (Å²) in [6, 6.07) is 8.09. The molecule has 1 rings (SSSR count). The number of benzene rings is 1. The van der Waals surface area contributed by atoms with E-state index in [4.69, 9.17) is 15.1 Å². The minimum absolute atomic E-state index is 0.405. The molecule has 0 aliphatic rings. The molecule has 0 heterocycles. The van der Waals surface area contributed by atoms with Crippen LogP contribution in [0.2, 0.25) is 0 Å². The van der Waals surface area contributed by atoms with Crippen molar-refractivity contribution in [2.24, 2.45) is 0 Å². The first-order valence-corrected chi connectivity index (χ1v) is 4.78. The quantitative estimate of drug-likeness (QED) is 0.576. The van der Waals surface area contributed by atoms with Gasteiger partial charge < -0.3 is 14.9 Å². The van der Waals surface area contributed by atoms with Crippen molar-refractivity contribution in [3.05, 3.63) is 42.5 Å². The highest BCUT2D eigenvalue weighted by molar-refractivity contribution is 5.29. The predicted octanol–water partition coefficient (Wildman–Crippen LogP) is 1.17. The summed E-state index contributed by atoms with van der Waals surface area (Å²) in [6.07, 6.45) is -0.985. The zero-order chi connectivity index (χ0) is 12.0. The van der Waals surface area contributed by atoms with E-state index in [1.807, 2.05) is 0 Å². The summed E-state index contributed by atoms with van der Waals surface area (Å²) in [5.41, 5.74) is 0.472. The van der Waals surface area contributed by atoms with Crippen LogP contribution in [0.5, 0.6) is 5.75 Å². The second-order valence-corrected chi connectivity index (χ2v) is 3.19. The van der Waals surface area contributed by atoms with E-state index in [-0.39, 0.29) is 0 Å². The van der Waals surface area contributed by atoms with Gasteiger partial charge in [-0.05, 0) is 17.7 Å². The summed E-state index contributed by atoms with van der Waals surface area (Å²) in [4.78, 5) is 0. The summed E-state index contributed by atoms with van der Waals surface area (Å²) in [5, 5.41) is 27.1. The Morgan fingerprint density at radius 1 is 1.38 bits per heavy atom. The molecule has 2 atom stereocenters. The molecule has 2 N–H and O–H groups in total. The van der Waals surface area contributed by atoms with Crippen molar-refractivity contribution in [1.29, 1.82) is 5.26 Å². The molecule has 1 aromatic carbocycles. The normalized spacial score (nSPS) is 13.6. The fourth-order valence-corrected chi connectivity index (χ4v) is 1.17. The Balaban J connectivity index is 2.71. The molecule has 0 amide bonds. The first-order valence-electron chi connectivity index (χ1n) is 4.78. The van der Waals surface area contributed by atoms with Crippen molar-refractivity contribution in [3.63, 3.8) is 0 Å². The van der Waals surface area contributed by atoms with Gasteiger partial charge in [0, 0.05) is 0 Å². The summed E-state index contributed by atoms with van der Waals surface area (Å²) in [5.74, 6) is 0.641. The molecule has 0 radical (unpaired) electrons. The smallest absolute Gasteiger partial charge is 0.170 e. The first kappa shape index (κ1) is 12.2. The minimum Gasteiger partial charge on any atom is -0.490 e. The van der Waals surface area contributed by atoms with Gasteiger partial charge in [-0.15, -0.1) is 0 Å². The van der Waals surface area contributed by atoms with Gasteiger partial charge in [0.2, 0.25) is 0 Å². The second-order valence-electron chi connectivity index (χ2n) is 3.19. The molecule has 0 aliphatic heterocycles. The molecule has 0 spiro atoms. The van der Waals surface area contributed by atoms with Crippen LogP contribution in [0.25, 0.3) is 0 Å².